The minimum atomic E-state index is -0.674. The summed E-state index contributed by atoms with van der Waals surface area (Å²) in [6.45, 7) is 6.06. The van der Waals surface area contributed by atoms with Gasteiger partial charge in [-0.1, -0.05) is 6.92 Å². The fourth-order valence-electron chi connectivity index (χ4n) is 3.33. The van der Waals surface area contributed by atoms with E-state index in [1.165, 1.54) is 5.69 Å². The molecular formula is C14H21N3O2. The Morgan fingerprint density at radius 1 is 1.47 bits per heavy atom. The Balaban J connectivity index is 1.81. The Kier molecular flexibility index (Phi) is 3.31. The number of aryl methyl sites for hydroxylation is 1. The molecule has 0 spiro atoms. The number of carboxylic acids is 1. The molecule has 1 saturated heterocycles. The molecule has 3 rings (SSSR count). The number of hydrogen-bond acceptors (Lipinski definition) is 3. The number of hydrogen-bond donors (Lipinski definition) is 1. The Hall–Kier alpha value is -1.36. The van der Waals surface area contributed by atoms with E-state index < -0.39 is 5.97 Å². The van der Waals surface area contributed by atoms with Crippen LogP contribution in [-0.2, 0) is 17.8 Å². The number of imidazole rings is 1. The SMILES string of the molecule is CCN1CCC(c2ncc3n2CC(C(=O)O)CC3)C1. The van der Waals surface area contributed by atoms with Gasteiger partial charge in [-0.15, -0.1) is 0 Å². The second-order valence-corrected chi connectivity index (χ2v) is 5.67. The number of likely N-dealkylation sites (tertiary alicyclic amines) is 1. The fourth-order valence-corrected chi connectivity index (χ4v) is 3.33. The van der Waals surface area contributed by atoms with Crippen molar-refractivity contribution in [2.75, 3.05) is 19.6 Å². The van der Waals surface area contributed by atoms with Crippen LogP contribution in [-0.4, -0.2) is 45.2 Å². The van der Waals surface area contributed by atoms with Gasteiger partial charge in [0.1, 0.15) is 5.82 Å². The van der Waals surface area contributed by atoms with E-state index in [4.69, 9.17) is 0 Å². The van der Waals surface area contributed by atoms with Gasteiger partial charge in [-0.25, -0.2) is 4.98 Å². The van der Waals surface area contributed by atoms with Crippen molar-refractivity contribution in [3.8, 4) is 0 Å². The molecule has 19 heavy (non-hydrogen) atoms. The average Bonchev–Trinajstić information content (AvgIpc) is 3.03. The molecule has 2 atom stereocenters. The Morgan fingerprint density at radius 2 is 2.32 bits per heavy atom. The van der Waals surface area contributed by atoms with Crippen LogP contribution in [0.5, 0.6) is 0 Å². The number of carbonyl (C=O) groups is 1. The third-order valence-corrected chi connectivity index (χ3v) is 4.55. The second-order valence-electron chi connectivity index (χ2n) is 5.67. The first-order valence-electron chi connectivity index (χ1n) is 7.18. The van der Waals surface area contributed by atoms with Crippen LogP contribution in [0.2, 0.25) is 0 Å². The highest BCUT2D eigenvalue weighted by atomic mass is 16.4. The van der Waals surface area contributed by atoms with Gasteiger partial charge in [0.25, 0.3) is 0 Å². The monoisotopic (exact) mass is 263 g/mol. The molecule has 1 aromatic heterocycles. The molecule has 3 heterocycles. The Bertz CT molecular complexity index is 483. The quantitative estimate of drug-likeness (QED) is 0.894. The van der Waals surface area contributed by atoms with Gasteiger partial charge in [0.05, 0.1) is 5.92 Å². The van der Waals surface area contributed by atoms with Gasteiger partial charge in [-0.3, -0.25) is 4.79 Å². The van der Waals surface area contributed by atoms with Crippen molar-refractivity contribution in [1.82, 2.24) is 14.5 Å². The van der Waals surface area contributed by atoms with E-state index >= 15 is 0 Å². The van der Waals surface area contributed by atoms with Gasteiger partial charge in [0.2, 0.25) is 0 Å². The second kappa shape index (κ2) is 4.96. The maximum Gasteiger partial charge on any atom is 0.308 e. The Morgan fingerprint density at radius 3 is 3.00 bits per heavy atom. The van der Waals surface area contributed by atoms with Crippen LogP contribution in [0.1, 0.15) is 37.2 Å². The van der Waals surface area contributed by atoms with E-state index in [0.29, 0.717) is 12.5 Å². The molecule has 2 aliphatic heterocycles. The zero-order valence-corrected chi connectivity index (χ0v) is 11.4. The molecule has 0 aromatic carbocycles. The molecule has 0 amide bonds. The van der Waals surface area contributed by atoms with Crippen molar-refractivity contribution >= 4 is 5.97 Å². The van der Waals surface area contributed by atoms with Gasteiger partial charge in [0, 0.05) is 30.9 Å². The van der Waals surface area contributed by atoms with Crippen molar-refractivity contribution in [1.29, 1.82) is 0 Å². The van der Waals surface area contributed by atoms with Gasteiger partial charge in [-0.05, 0) is 32.4 Å². The maximum absolute atomic E-state index is 11.2. The lowest BCUT2D eigenvalue weighted by Gasteiger charge is -2.24. The van der Waals surface area contributed by atoms with Crippen LogP contribution in [0.4, 0.5) is 0 Å². The molecule has 5 heteroatoms. The highest BCUT2D eigenvalue weighted by Gasteiger charge is 2.31. The predicted octanol–water partition coefficient (Wildman–Crippen LogP) is 1.34. The number of fused-ring (bicyclic) bond motifs is 1. The smallest absolute Gasteiger partial charge is 0.308 e. The minimum Gasteiger partial charge on any atom is -0.481 e. The Labute approximate surface area is 113 Å². The highest BCUT2D eigenvalue weighted by Crippen LogP contribution is 2.30. The van der Waals surface area contributed by atoms with Crippen LogP contribution in [0.3, 0.4) is 0 Å². The van der Waals surface area contributed by atoms with Crippen LogP contribution >= 0.6 is 0 Å². The van der Waals surface area contributed by atoms with Crippen molar-refractivity contribution in [3.05, 3.63) is 17.7 Å². The highest BCUT2D eigenvalue weighted by molar-refractivity contribution is 5.70. The van der Waals surface area contributed by atoms with Gasteiger partial charge in [-0.2, -0.15) is 0 Å². The minimum absolute atomic E-state index is 0.246. The van der Waals surface area contributed by atoms with Crippen molar-refractivity contribution in [2.45, 2.75) is 38.6 Å². The first-order valence-corrected chi connectivity index (χ1v) is 7.18. The fraction of sp³-hybridized carbons (Fsp3) is 0.714. The maximum atomic E-state index is 11.2. The van der Waals surface area contributed by atoms with Crippen LogP contribution in [0, 0.1) is 5.92 Å². The number of carboxylic acid groups (broad SMARTS) is 1. The van der Waals surface area contributed by atoms with E-state index in [1.807, 2.05) is 6.20 Å². The summed E-state index contributed by atoms with van der Waals surface area (Å²) in [6.07, 6.45) is 4.67. The molecule has 0 saturated carbocycles. The van der Waals surface area contributed by atoms with Gasteiger partial charge in [0.15, 0.2) is 0 Å². The largest absolute Gasteiger partial charge is 0.481 e. The summed E-state index contributed by atoms with van der Waals surface area (Å²) in [5, 5.41) is 9.20. The van der Waals surface area contributed by atoms with E-state index in [9.17, 15) is 9.90 Å². The average molecular weight is 263 g/mol. The van der Waals surface area contributed by atoms with Gasteiger partial charge >= 0.3 is 5.97 Å². The van der Waals surface area contributed by atoms with Crippen molar-refractivity contribution < 1.29 is 9.90 Å². The number of aromatic nitrogens is 2. The summed E-state index contributed by atoms with van der Waals surface area (Å²) in [7, 11) is 0. The summed E-state index contributed by atoms with van der Waals surface area (Å²) in [5.41, 5.74) is 1.21. The third kappa shape index (κ3) is 2.27. The van der Waals surface area contributed by atoms with E-state index in [0.717, 1.165) is 44.7 Å². The van der Waals surface area contributed by atoms with Crippen LogP contribution < -0.4 is 0 Å². The van der Waals surface area contributed by atoms with Crippen molar-refractivity contribution in [3.63, 3.8) is 0 Å². The molecule has 0 aliphatic carbocycles. The van der Waals surface area contributed by atoms with Crippen molar-refractivity contribution in [2.24, 2.45) is 5.92 Å². The van der Waals surface area contributed by atoms with E-state index in [2.05, 4.69) is 21.4 Å². The lowest BCUT2D eigenvalue weighted by Crippen LogP contribution is -2.28. The molecule has 1 N–H and O–H groups in total. The van der Waals surface area contributed by atoms with E-state index in [-0.39, 0.29) is 5.92 Å². The topological polar surface area (TPSA) is 58.4 Å². The summed E-state index contributed by atoms with van der Waals surface area (Å²) in [6, 6.07) is 0. The molecule has 5 nitrogen and oxygen atoms in total. The third-order valence-electron chi connectivity index (χ3n) is 4.55. The molecule has 2 unspecified atom stereocenters. The number of likely N-dealkylation sites (N-methyl/N-ethyl adjacent to an activating group) is 1. The molecule has 104 valence electrons. The lowest BCUT2D eigenvalue weighted by molar-refractivity contribution is -0.142. The molecule has 2 aliphatic rings. The zero-order chi connectivity index (χ0) is 13.4. The number of aliphatic carboxylic acids is 1. The zero-order valence-electron chi connectivity index (χ0n) is 11.4. The lowest BCUT2D eigenvalue weighted by atomic mass is 9.97. The summed E-state index contributed by atoms with van der Waals surface area (Å²) in [4.78, 5) is 18.2. The molecule has 1 aromatic rings. The molecular weight excluding hydrogens is 242 g/mol. The first kappa shape index (κ1) is 12.7. The summed E-state index contributed by atoms with van der Waals surface area (Å²) < 4.78 is 2.17. The molecule has 1 fully saturated rings. The number of rotatable bonds is 3. The first-order chi connectivity index (χ1) is 9.19. The molecule has 0 bridgehead atoms. The summed E-state index contributed by atoms with van der Waals surface area (Å²) in [5.74, 6) is 0.661. The standard InChI is InChI=1S/C14H21N3O2/c1-2-16-6-5-10(8-16)13-15-7-12-4-3-11(14(18)19)9-17(12)13/h7,10-11H,2-6,8-9H2,1H3,(H,18,19). The molecule has 0 radical (unpaired) electrons. The van der Waals surface area contributed by atoms with E-state index in [1.54, 1.807) is 0 Å². The number of nitrogens with zero attached hydrogens (tertiary/aromatic N) is 3. The van der Waals surface area contributed by atoms with Crippen LogP contribution in [0.15, 0.2) is 6.20 Å². The summed E-state index contributed by atoms with van der Waals surface area (Å²) >= 11 is 0. The predicted molar refractivity (Wildman–Crippen MR) is 71.1 cm³/mol. The van der Waals surface area contributed by atoms with Gasteiger partial charge < -0.3 is 14.6 Å². The van der Waals surface area contributed by atoms with Crippen LogP contribution in [0.25, 0.3) is 0 Å². The normalized spacial score (nSPS) is 27.4.